The van der Waals surface area contributed by atoms with Crippen LogP contribution in [0.4, 0.5) is 0 Å². The molecule has 0 saturated carbocycles. The first kappa shape index (κ1) is 24.3. The molecular weight excluding hydrogens is 326 g/mol. The summed E-state index contributed by atoms with van der Waals surface area (Å²) in [5.74, 6) is 0.386. The Morgan fingerprint density at radius 1 is 0.808 bits per heavy atom. The molecule has 1 amide bonds. The number of unbranched alkanes of at least 4 members (excludes halogenated alkanes) is 3. The fourth-order valence-electron chi connectivity index (χ4n) is 2.38. The molecule has 0 saturated heterocycles. The van der Waals surface area contributed by atoms with E-state index in [1.165, 1.54) is 0 Å². The lowest BCUT2D eigenvalue weighted by Gasteiger charge is -2.00. The van der Waals surface area contributed by atoms with E-state index < -0.39 is 0 Å². The first-order chi connectivity index (χ1) is 12.7. The summed E-state index contributed by atoms with van der Waals surface area (Å²) < 4.78 is 0. The molecule has 0 aliphatic heterocycles. The van der Waals surface area contributed by atoms with Crippen molar-refractivity contribution >= 4 is 11.7 Å². The Morgan fingerprint density at radius 2 is 1.46 bits per heavy atom. The third kappa shape index (κ3) is 18.7. The van der Waals surface area contributed by atoms with E-state index in [2.05, 4.69) is 48.7 Å². The van der Waals surface area contributed by atoms with Gasteiger partial charge in [-0.15, -0.1) is 0 Å². The molecule has 0 aromatic heterocycles. The number of rotatable bonds is 17. The summed E-state index contributed by atoms with van der Waals surface area (Å²) in [7, 11) is 0. The van der Waals surface area contributed by atoms with Crippen molar-refractivity contribution in [2.24, 2.45) is 0 Å². The van der Waals surface area contributed by atoms with Crippen molar-refractivity contribution in [3.63, 3.8) is 0 Å². The van der Waals surface area contributed by atoms with E-state index in [9.17, 15) is 9.59 Å². The van der Waals surface area contributed by atoms with Gasteiger partial charge >= 0.3 is 0 Å². The zero-order chi connectivity index (χ0) is 19.3. The maximum Gasteiger partial charge on any atom is 0.220 e. The van der Waals surface area contributed by atoms with Crippen LogP contribution in [0, 0.1) is 0 Å². The average molecular weight is 364 g/mol. The number of allylic oxidation sites excluding steroid dienone is 6. The minimum absolute atomic E-state index is 0.00166. The van der Waals surface area contributed by atoms with Gasteiger partial charge in [-0.1, -0.05) is 56.2 Å². The summed E-state index contributed by atoms with van der Waals surface area (Å²) in [5.41, 5.74) is 0. The van der Waals surface area contributed by atoms with Crippen molar-refractivity contribution in [3.05, 3.63) is 36.5 Å². The Labute approximate surface area is 159 Å². The first-order valence-corrected chi connectivity index (χ1v) is 10.0. The van der Waals surface area contributed by atoms with Crippen LogP contribution in [0.25, 0.3) is 0 Å². The number of hydrogen-bond donors (Lipinski definition) is 2. The number of hydrogen-bond acceptors (Lipinski definition) is 3. The van der Waals surface area contributed by atoms with Gasteiger partial charge in [0.25, 0.3) is 0 Å². The van der Waals surface area contributed by atoms with Crippen molar-refractivity contribution in [1.29, 1.82) is 0 Å². The van der Waals surface area contributed by atoms with Gasteiger partial charge in [0.2, 0.25) is 5.91 Å². The molecule has 2 N–H and O–H groups in total. The molecule has 0 spiro atoms. The predicted molar refractivity (Wildman–Crippen MR) is 109 cm³/mol. The summed E-state index contributed by atoms with van der Waals surface area (Å²) in [6.45, 7) is 2.48. The molecule has 0 aromatic rings. The fraction of sp³-hybridized carbons (Fsp3) is 0.636. The molecule has 4 nitrogen and oxygen atoms in total. The Bertz CT molecular complexity index is 439. The van der Waals surface area contributed by atoms with Gasteiger partial charge in [0.1, 0.15) is 5.78 Å². The van der Waals surface area contributed by atoms with Gasteiger partial charge in [0, 0.05) is 25.8 Å². The van der Waals surface area contributed by atoms with Crippen LogP contribution in [0.2, 0.25) is 0 Å². The van der Waals surface area contributed by atoms with Crippen LogP contribution in [0.3, 0.4) is 0 Å². The van der Waals surface area contributed by atoms with Crippen LogP contribution in [0.1, 0.15) is 77.6 Å². The second-order valence-corrected chi connectivity index (χ2v) is 6.39. The van der Waals surface area contributed by atoms with Crippen molar-refractivity contribution in [2.75, 3.05) is 13.2 Å². The van der Waals surface area contributed by atoms with Gasteiger partial charge in [-0.2, -0.15) is 0 Å². The summed E-state index contributed by atoms with van der Waals surface area (Å²) in [4.78, 5) is 22.9. The van der Waals surface area contributed by atoms with E-state index in [-0.39, 0.29) is 12.5 Å². The Balaban J connectivity index is 3.49. The Morgan fingerprint density at radius 3 is 2.12 bits per heavy atom. The monoisotopic (exact) mass is 363 g/mol. The normalized spacial score (nSPS) is 11.8. The Hall–Kier alpha value is -1.68. The third-order valence-electron chi connectivity index (χ3n) is 3.90. The summed E-state index contributed by atoms with van der Waals surface area (Å²) in [6.07, 6.45) is 22.3. The SMILES string of the molecule is CCCCCC(=O)CCC=CCC=CCC=CCCCC(=O)NCCO. The van der Waals surface area contributed by atoms with Gasteiger partial charge in [-0.05, 0) is 38.5 Å². The van der Waals surface area contributed by atoms with Crippen LogP contribution >= 0.6 is 0 Å². The zero-order valence-electron chi connectivity index (χ0n) is 16.4. The van der Waals surface area contributed by atoms with Gasteiger partial charge < -0.3 is 10.4 Å². The number of aliphatic hydroxyl groups is 1. The van der Waals surface area contributed by atoms with E-state index in [0.717, 1.165) is 57.8 Å². The summed E-state index contributed by atoms with van der Waals surface area (Å²) in [6, 6.07) is 0. The lowest BCUT2D eigenvalue weighted by molar-refractivity contribution is -0.121. The molecule has 26 heavy (non-hydrogen) atoms. The molecule has 0 bridgehead atoms. The largest absolute Gasteiger partial charge is 0.395 e. The number of carbonyl (C=O) groups excluding carboxylic acids is 2. The van der Waals surface area contributed by atoms with Crippen LogP contribution < -0.4 is 5.32 Å². The van der Waals surface area contributed by atoms with Crippen LogP contribution in [-0.4, -0.2) is 29.9 Å². The summed E-state index contributed by atoms with van der Waals surface area (Å²) in [5, 5.41) is 11.2. The smallest absolute Gasteiger partial charge is 0.220 e. The molecule has 0 aliphatic rings. The number of carbonyl (C=O) groups is 2. The second-order valence-electron chi connectivity index (χ2n) is 6.39. The van der Waals surface area contributed by atoms with Crippen molar-refractivity contribution in [2.45, 2.75) is 77.6 Å². The topological polar surface area (TPSA) is 66.4 Å². The lowest BCUT2D eigenvalue weighted by atomic mass is 10.1. The maximum atomic E-state index is 11.6. The highest BCUT2D eigenvalue weighted by molar-refractivity contribution is 5.78. The minimum atomic E-state index is -0.00959. The molecule has 148 valence electrons. The minimum Gasteiger partial charge on any atom is -0.395 e. The number of nitrogens with one attached hydrogen (secondary N) is 1. The molecule has 4 heteroatoms. The van der Waals surface area contributed by atoms with Gasteiger partial charge in [-0.3, -0.25) is 9.59 Å². The molecule has 0 atom stereocenters. The van der Waals surface area contributed by atoms with E-state index in [4.69, 9.17) is 5.11 Å². The van der Waals surface area contributed by atoms with Gasteiger partial charge in [0.05, 0.1) is 6.61 Å². The standard InChI is InChI=1S/C22H37NO3/c1-2-3-13-16-21(25)17-14-11-9-7-5-4-6-8-10-12-15-18-22(26)23-19-20-24/h4-5,8-11,24H,2-3,6-7,12-20H2,1H3,(H,23,26). The van der Waals surface area contributed by atoms with E-state index in [1.807, 2.05) is 0 Å². The molecule has 0 aliphatic carbocycles. The van der Waals surface area contributed by atoms with Gasteiger partial charge in [0.15, 0.2) is 0 Å². The molecule has 0 rings (SSSR count). The van der Waals surface area contributed by atoms with Crippen molar-refractivity contribution < 1.29 is 14.7 Å². The average Bonchev–Trinajstić information content (AvgIpc) is 2.64. The summed E-state index contributed by atoms with van der Waals surface area (Å²) >= 11 is 0. The van der Waals surface area contributed by atoms with E-state index in [0.29, 0.717) is 25.2 Å². The number of aliphatic hydroxyl groups excluding tert-OH is 1. The lowest BCUT2D eigenvalue weighted by Crippen LogP contribution is -2.25. The zero-order valence-corrected chi connectivity index (χ0v) is 16.4. The molecule has 0 unspecified atom stereocenters. The molecule has 0 heterocycles. The highest BCUT2D eigenvalue weighted by Gasteiger charge is 1.99. The van der Waals surface area contributed by atoms with E-state index >= 15 is 0 Å². The van der Waals surface area contributed by atoms with E-state index in [1.54, 1.807) is 0 Å². The highest BCUT2D eigenvalue weighted by atomic mass is 16.3. The number of ketones is 1. The number of amides is 1. The van der Waals surface area contributed by atoms with Crippen LogP contribution in [0.5, 0.6) is 0 Å². The first-order valence-electron chi connectivity index (χ1n) is 10.0. The second kappa shape index (κ2) is 19.6. The maximum absolute atomic E-state index is 11.6. The van der Waals surface area contributed by atoms with Crippen molar-refractivity contribution in [1.82, 2.24) is 5.32 Å². The number of Topliss-reactive ketones (excluding diaryl/α,β-unsaturated/α-hetero) is 1. The highest BCUT2D eigenvalue weighted by Crippen LogP contribution is 2.04. The molecule has 0 fully saturated rings. The predicted octanol–water partition coefficient (Wildman–Crippen LogP) is 4.64. The van der Waals surface area contributed by atoms with Gasteiger partial charge in [-0.25, -0.2) is 0 Å². The van der Waals surface area contributed by atoms with Crippen LogP contribution in [-0.2, 0) is 9.59 Å². The fourth-order valence-corrected chi connectivity index (χ4v) is 2.38. The molecule has 0 radical (unpaired) electrons. The molecule has 0 aromatic carbocycles. The Kier molecular flexibility index (Phi) is 18.4. The quantitative estimate of drug-likeness (QED) is 0.292. The van der Waals surface area contributed by atoms with Crippen molar-refractivity contribution in [3.8, 4) is 0 Å². The molecular formula is C22H37NO3. The third-order valence-corrected chi connectivity index (χ3v) is 3.90. The van der Waals surface area contributed by atoms with Crippen LogP contribution in [0.15, 0.2) is 36.5 Å².